The van der Waals surface area contributed by atoms with Crippen LogP contribution in [0.2, 0.25) is 0 Å². The van der Waals surface area contributed by atoms with Crippen LogP contribution in [-0.4, -0.2) is 366 Å². The molecule has 5 fully saturated rings. The van der Waals surface area contributed by atoms with Crippen LogP contribution in [0.1, 0.15) is 221 Å². The van der Waals surface area contributed by atoms with E-state index >= 15 is 0 Å². The van der Waals surface area contributed by atoms with Gasteiger partial charge in [-0.25, -0.2) is 14.4 Å². The molecule has 706 valence electrons. The minimum Gasteiger partial charge on any atom is -0.477 e. The Morgan fingerprint density at radius 2 is 0.828 bits per heavy atom. The second kappa shape index (κ2) is 54.1. The number of allylic oxidation sites excluding steroid dienone is 3. The van der Waals surface area contributed by atoms with Gasteiger partial charge in [0.2, 0.25) is 23.6 Å². The summed E-state index contributed by atoms with van der Waals surface area (Å²) in [5.41, 5.74) is 0. The minimum absolute atomic E-state index is 0.109. The number of ether oxygens (including phenoxy) is 10. The number of carboxylic acids is 3. The third-order valence-corrected chi connectivity index (χ3v) is 22.6. The Morgan fingerprint density at radius 1 is 0.443 bits per heavy atom. The van der Waals surface area contributed by atoms with E-state index in [0.29, 0.717) is 12.8 Å². The number of carbonyl (C=O) groups is 7. The fraction of sp³-hybridized carbons (Fsp3) is 0.864. The summed E-state index contributed by atoms with van der Waals surface area (Å²) < 4.78 is 58.2. The van der Waals surface area contributed by atoms with Crippen molar-refractivity contribution in [3.8, 4) is 0 Å². The lowest BCUT2D eigenvalue weighted by atomic mass is 9.86. The maximum atomic E-state index is 13.8. The van der Waals surface area contributed by atoms with E-state index in [1.807, 2.05) is 0 Å². The first-order valence-electron chi connectivity index (χ1n) is 43.0. The van der Waals surface area contributed by atoms with Gasteiger partial charge in [-0.2, -0.15) is 0 Å². The number of hydrogen-bond acceptors (Lipinski definition) is 34. The van der Waals surface area contributed by atoms with Gasteiger partial charge in [0.25, 0.3) is 17.4 Å². The molecule has 5 heterocycles. The maximum absolute atomic E-state index is 13.8. The van der Waals surface area contributed by atoms with Crippen molar-refractivity contribution >= 4 is 41.5 Å². The molecule has 0 aliphatic carbocycles. The number of carboxylic acid groups (broad SMARTS) is 3. The van der Waals surface area contributed by atoms with Gasteiger partial charge in [0, 0.05) is 46.5 Å². The molecule has 0 radical (unpaired) electrons. The molecule has 41 heteroatoms. The van der Waals surface area contributed by atoms with Crippen LogP contribution in [0, 0.1) is 0 Å². The Labute approximate surface area is 710 Å². The molecule has 0 spiro atoms. The number of aliphatic carboxylic acids is 3. The monoisotopic (exact) mass is 1760 g/mol. The highest BCUT2D eigenvalue weighted by Gasteiger charge is 2.64. The van der Waals surface area contributed by atoms with E-state index in [2.05, 4.69) is 47.3 Å². The van der Waals surface area contributed by atoms with Crippen molar-refractivity contribution in [3.63, 3.8) is 0 Å². The fourth-order valence-corrected chi connectivity index (χ4v) is 15.8. The molecule has 5 saturated heterocycles. The van der Waals surface area contributed by atoms with E-state index in [1.165, 1.54) is 83.1 Å². The van der Waals surface area contributed by atoms with Crippen molar-refractivity contribution in [3.05, 3.63) is 24.3 Å². The van der Waals surface area contributed by atoms with E-state index in [0.717, 1.165) is 91.4 Å². The average Bonchev–Trinajstić information content (AvgIpc) is 0.750. The predicted octanol–water partition coefficient (Wildman–Crippen LogP) is -2.71. The number of aliphatic hydroxyl groups is 17. The molecule has 30 atom stereocenters. The molecule has 3 unspecified atom stereocenters. The van der Waals surface area contributed by atoms with Crippen molar-refractivity contribution in [2.24, 2.45) is 0 Å². The Kier molecular flexibility index (Phi) is 47.6. The van der Waals surface area contributed by atoms with Crippen molar-refractivity contribution in [2.75, 3.05) is 39.6 Å². The number of nitrogens with one attached hydrogen (secondary N) is 4. The number of aliphatic hydroxyl groups excluding tert-OH is 17. The fourth-order valence-electron chi connectivity index (χ4n) is 15.8. The van der Waals surface area contributed by atoms with Crippen LogP contribution < -0.4 is 21.3 Å². The molecule has 5 rings (SSSR count). The number of hydrogen-bond donors (Lipinski definition) is 24. The molecular formula is C81H140N4O37. The first-order valence-corrected chi connectivity index (χ1v) is 43.0. The molecule has 122 heavy (non-hydrogen) atoms. The molecule has 5 aliphatic heterocycles. The molecule has 41 nitrogen and oxygen atoms in total. The molecule has 0 aromatic rings. The summed E-state index contributed by atoms with van der Waals surface area (Å²) in [6.07, 6.45) is -21.4. The first-order chi connectivity index (χ1) is 58.0. The van der Waals surface area contributed by atoms with Gasteiger partial charge in [0.05, 0.1) is 88.2 Å². The van der Waals surface area contributed by atoms with E-state index in [1.54, 1.807) is 6.08 Å². The zero-order valence-corrected chi connectivity index (χ0v) is 70.5. The summed E-state index contributed by atoms with van der Waals surface area (Å²) in [7, 11) is 0. The lowest BCUT2D eigenvalue weighted by molar-refractivity contribution is -0.388. The summed E-state index contributed by atoms with van der Waals surface area (Å²) in [5, 5.41) is 235. The first kappa shape index (κ1) is 107. The average molecular weight is 1760 g/mol. The van der Waals surface area contributed by atoms with E-state index in [9.17, 15) is 136 Å². The van der Waals surface area contributed by atoms with E-state index < -0.39 is 283 Å². The lowest BCUT2D eigenvalue weighted by Crippen LogP contribution is -2.72. The van der Waals surface area contributed by atoms with Gasteiger partial charge < -0.3 is 171 Å². The summed E-state index contributed by atoms with van der Waals surface area (Å²) in [6, 6.07) is -7.04. The van der Waals surface area contributed by atoms with Gasteiger partial charge >= 0.3 is 17.9 Å². The number of rotatable bonds is 58. The summed E-state index contributed by atoms with van der Waals surface area (Å²) in [4.78, 5) is 92.1. The molecule has 5 aliphatic rings. The van der Waals surface area contributed by atoms with Crippen LogP contribution in [0.3, 0.4) is 0 Å². The van der Waals surface area contributed by atoms with E-state index in [-0.39, 0.29) is 6.42 Å². The topological polar surface area (TPSA) is 665 Å². The maximum Gasteiger partial charge on any atom is 0.364 e. The van der Waals surface area contributed by atoms with Crippen molar-refractivity contribution < 1.29 is 183 Å². The number of unbranched alkanes of at least 4 members (excludes halogenated alkanes) is 22. The van der Waals surface area contributed by atoms with Crippen LogP contribution in [0.4, 0.5) is 0 Å². The highest BCUT2D eigenvalue weighted by molar-refractivity contribution is 5.79. The van der Waals surface area contributed by atoms with Crippen LogP contribution >= 0.6 is 0 Å². The number of carbonyl (C=O) groups excluding carboxylic acids is 4. The molecule has 4 amide bonds. The smallest absolute Gasteiger partial charge is 0.364 e. The minimum atomic E-state index is -3.58. The lowest BCUT2D eigenvalue weighted by Gasteiger charge is -2.51. The van der Waals surface area contributed by atoms with Crippen LogP contribution in [0.15, 0.2) is 24.3 Å². The van der Waals surface area contributed by atoms with Crippen molar-refractivity contribution in [2.45, 2.75) is 403 Å². The van der Waals surface area contributed by atoms with Crippen LogP contribution in [0.25, 0.3) is 0 Å². The summed E-state index contributed by atoms with van der Waals surface area (Å²) in [6.45, 7) is -0.114. The largest absolute Gasteiger partial charge is 0.477 e. The van der Waals surface area contributed by atoms with Gasteiger partial charge in [0.15, 0.2) is 12.6 Å². The van der Waals surface area contributed by atoms with Gasteiger partial charge in [-0.3, -0.25) is 19.2 Å². The predicted molar refractivity (Wildman–Crippen MR) is 424 cm³/mol. The van der Waals surface area contributed by atoms with Crippen molar-refractivity contribution in [1.29, 1.82) is 0 Å². The summed E-state index contributed by atoms with van der Waals surface area (Å²) in [5.74, 6) is -20.6. The Bertz CT molecular complexity index is 3150. The van der Waals surface area contributed by atoms with Crippen LogP contribution in [-0.2, 0) is 80.9 Å². The molecule has 0 aromatic carbocycles. The van der Waals surface area contributed by atoms with Gasteiger partial charge in [-0.1, -0.05) is 154 Å². The zero-order chi connectivity index (χ0) is 90.6. The quantitative estimate of drug-likeness (QED) is 0.0217. The third-order valence-electron chi connectivity index (χ3n) is 22.6. The Balaban J connectivity index is 1.36. The van der Waals surface area contributed by atoms with Crippen molar-refractivity contribution in [1.82, 2.24) is 21.3 Å². The standard InChI is InChI=1S/C81H140N4O37/c1-6-8-10-12-14-16-18-20-21-23-25-27-29-31-33-35-58(99)85-48(49(94)34-32-30-28-26-24-22-19-17-15-13-11-9-7-2)44-113-74-67(105)66(104)69(57(43-90)115-74)116-75-68(106)73(63(101)54(40-87)114-75)122-81(78(111)112)38-52(97)61(84-47(5)93)72(121-81)65(103)56(42-89)118-80(77(109)110)37-51(96)60(83-46(4)92)71(120-80)64(102)55(41-88)117-79(76(107)108)36-50(95)59(82-45(3)91)70(119-79)62(100)53(98)39-86/h20-21,32,34,48-57,59-75,86-90,94-98,100-106H,6-19,22-31,33,35-44H2,1-5H3,(H,82,91)(H,83,92)(H,84,93)(H,85,99)(H,107,108)(H,109,110)(H,111,112)/b21-20-,34-32+/t48-,49+,50-,51-,52-,53+,54+,55+,56+,57+,59+,60+,61+,62+,63-,64+,65+,66+,67+,68+,69+,70?,71?,72?,73-,74+,75-,79+,80+,81-/m0/s1. The second-order valence-corrected chi connectivity index (χ2v) is 32.5. The summed E-state index contributed by atoms with van der Waals surface area (Å²) >= 11 is 0. The zero-order valence-electron chi connectivity index (χ0n) is 70.5. The highest BCUT2D eigenvalue weighted by atomic mass is 16.8. The highest BCUT2D eigenvalue weighted by Crippen LogP contribution is 2.43. The second-order valence-electron chi connectivity index (χ2n) is 32.5. The molecule has 0 bridgehead atoms. The SMILES string of the molecule is CCCCCCCC/C=C\CCCCCCCC(=O)N[C@@H](CO[C@@H]1O[C@H](CO)[C@@H](O[C@@H]2O[C@H](CO)[C@H](O)[C@H](O[C@]3(C(=O)O)C[C@H](O)[C@@H](NC(C)=O)C([C@H](O)[C@@H](CO)O[C@]4(C(=O)O)C[C@H](O)[C@@H](NC(C)=O)C([C@H](O)[C@@H](CO)O[C@]5(C(=O)O)C[C@H](O)[C@@H](NC(C)=O)C([C@H](O)[C@H](O)CO)O5)O4)O3)[C@H]2O)[C@H](O)[C@H]1O)[C@H](O)/C=C/CCCCCCCCCCCCC. The van der Waals surface area contributed by atoms with Gasteiger partial charge in [-0.05, 0) is 44.9 Å². The Morgan fingerprint density at radius 3 is 1.23 bits per heavy atom. The van der Waals surface area contributed by atoms with Gasteiger partial charge in [0.1, 0.15) is 104 Å². The molecule has 0 saturated carbocycles. The number of amides is 4. The van der Waals surface area contributed by atoms with Crippen LogP contribution in [0.5, 0.6) is 0 Å². The normalized spacial score (nSPS) is 32.8. The molecule has 0 aromatic heterocycles. The van der Waals surface area contributed by atoms with Gasteiger partial charge in [-0.15, -0.1) is 0 Å². The Hall–Kier alpha value is -5.31. The molecular weight excluding hydrogens is 1620 g/mol. The third kappa shape index (κ3) is 31.6. The van der Waals surface area contributed by atoms with E-state index in [4.69, 9.17) is 47.4 Å². The molecule has 24 N–H and O–H groups in total.